The van der Waals surface area contributed by atoms with Crippen molar-refractivity contribution < 1.29 is 9.53 Å². The van der Waals surface area contributed by atoms with Crippen molar-refractivity contribution in [2.75, 3.05) is 31.8 Å². The lowest BCUT2D eigenvalue weighted by Gasteiger charge is -2.20. The molecule has 3 aromatic carbocycles. The third-order valence-electron chi connectivity index (χ3n) is 5.07. The second kappa shape index (κ2) is 8.34. The van der Waals surface area contributed by atoms with Gasteiger partial charge in [-0.05, 0) is 54.6 Å². The normalized spacial score (nSPS) is 11.0. The van der Waals surface area contributed by atoms with E-state index in [4.69, 9.17) is 10.5 Å². The third-order valence-corrected chi connectivity index (χ3v) is 5.07. The molecule has 0 unspecified atom stereocenters. The molecule has 0 aliphatic rings. The number of carbonyl (C=O) groups excluding carboxylic acids is 1. The largest absolute Gasteiger partial charge is 0.495 e. The first kappa shape index (κ1) is 21.0. The van der Waals surface area contributed by atoms with Crippen molar-refractivity contribution in [3.8, 4) is 22.9 Å². The van der Waals surface area contributed by atoms with E-state index in [0.29, 0.717) is 23.5 Å². The standard InChI is InChI=1S/C24H26N4O2/c1-24(2,13-25)14-28-22-18-11-16(6-5-15(18)8-10-21(22)30-4)17-7-9-20(26)19(12-17)23(29)27-3/h5-12,28H,14,26H2,1-4H3,(H,27,29). The van der Waals surface area contributed by atoms with Crippen LogP contribution < -0.4 is 21.1 Å². The summed E-state index contributed by atoms with van der Waals surface area (Å²) >= 11 is 0. The number of fused-ring (bicyclic) bond motifs is 1. The molecule has 0 saturated heterocycles. The highest BCUT2D eigenvalue weighted by molar-refractivity contribution is 6.02. The van der Waals surface area contributed by atoms with E-state index >= 15 is 0 Å². The first-order valence-corrected chi connectivity index (χ1v) is 9.67. The molecule has 154 valence electrons. The molecule has 0 spiro atoms. The fourth-order valence-corrected chi connectivity index (χ4v) is 3.25. The van der Waals surface area contributed by atoms with Crippen LogP contribution in [-0.2, 0) is 0 Å². The third kappa shape index (κ3) is 4.15. The summed E-state index contributed by atoms with van der Waals surface area (Å²) in [5, 5.41) is 17.4. The second-order valence-corrected chi connectivity index (χ2v) is 7.81. The van der Waals surface area contributed by atoms with Crippen molar-refractivity contribution in [1.82, 2.24) is 5.32 Å². The molecule has 0 bridgehead atoms. The van der Waals surface area contributed by atoms with Crippen LogP contribution in [0, 0.1) is 16.7 Å². The Balaban J connectivity index is 2.12. The fourth-order valence-electron chi connectivity index (χ4n) is 3.25. The van der Waals surface area contributed by atoms with Gasteiger partial charge < -0.3 is 21.1 Å². The highest BCUT2D eigenvalue weighted by atomic mass is 16.5. The Morgan fingerprint density at radius 1 is 1.13 bits per heavy atom. The number of nitrogens with zero attached hydrogens (tertiary/aromatic N) is 1. The van der Waals surface area contributed by atoms with E-state index in [1.54, 1.807) is 26.3 Å². The molecule has 1 amide bonds. The number of nitriles is 1. The summed E-state index contributed by atoms with van der Waals surface area (Å²) in [5.74, 6) is 0.481. The molecule has 4 N–H and O–H groups in total. The lowest BCUT2D eigenvalue weighted by atomic mass is 9.95. The average molecular weight is 402 g/mol. The molecule has 0 aliphatic heterocycles. The van der Waals surface area contributed by atoms with Crippen molar-refractivity contribution in [2.45, 2.75) is 13.8 Å². The zero-order valence-electron chi connectivity index (χ0n) is 17.7. The molecular formula is C24H26N4O2. The lowest BCUT2D eigenvalue weighted by molar-refractivity contribution is 0.0964. The van der Waals surface area contributed by atoms with Gasteiger partial charge in [0.15, 0.2) is 0 Å². The minimum atomic E-state index is -0.524. The number of benzene rings is 3. The predicted molar refractivity (Wildman–Crippen MR) is 122 cm³/mol. The smallest absolute Gasteiger partial charge is 0.253 e. The summed E-state index contributed by atoms with van der Waals surface area (Å²) in [5.41, 5.74) is 8.99. The fraction of sp³-hybridized carbons (Fsp3) is 0.250. The molecule has 0 saturated carbocycles. The van der Waals surface area contributed by atoms with E-state index in [2.05, 4.69) is 22.8 Å². The van der Waals surface area contributed by atoms with E-state index in [9.17, 15) is 10.1 Å². The number of nitrogens with one attached hydrogen (secondary N) is 2. The molecule has 30 heavy (non-hydrogen) atoms. The summed E-state index contributed by atoms with van der Waals surface area (Å²) in [7, 11) is 3.21. The first-order chi connectivity index (χ1) is 14.3. The molecule has 6 heteroatoms. The van der Waals surface area contributed by atoms with Crippen LogP contribution in [-0.4, -0.2) is 26.6 Å². The van der Waals surface area contributed by atoms with E-state index in [0.717, 1.165) is 27.6 Å². The number of hydrogen-bond donors (Lipinski definition) is 3. The Bertz CT molecular complexity index is 1150. The SMILES string of the molecule is CNC(=O)c1cc(-c2ccc3ccc(OC)c(NCC(C)(C)C#N)c3c2)ccc1N. The molecule has 3 rings (SSSR count). The molecule has 0 heterocycles. The van der Waals surface area contributed by atoms with Crippen LogP contribution in [0.4, 0.5) is 11.4 Å². The Labute approximate surface area is 176 Å². The van der Waals surface area contributed by atoms with Gasteiger partial charge in [-0.15, -0.1) is 0 Å². The van der Waals surface area contributed by atoms with E-state index in [-0.39, 0.29) is 5.91 Å². The molecule has 0 aromatic heterocycles. The Morgan fingerprint density at radius 2 is 1.80 bits per heavy atom. The topological polar surface area (TPSA) is 100 Å². The van der Waals surface area contributed by atoms with E-state index in [1.165, 1.54) is 0 Å². The van der Waals surface area contributed by atoms with Crippen molar-refractivity contribution in [2.24, 2.45) is 5.41 Å². The highest BCUT2D eigenvalue weighted by Crippen LogP contribution is 2.37. The maximum atomic E-state index is 12.1. The number of methoxy groups -OCH3 is 1. The number of rotatable bonds is 6. The van der Waals surface area contributed by atoms with Gasteiger partial charge in [-0.25, -0.2) is 0 Å². The zero-order chi connectivity index (χ0) is 21.9. The molecule has 0 fully saturated rings. The van der Waals surface area contributed by atoms with Crippen molar-refractivity contribution >= 4 is 28.1 Å². The molecule has 6 nitrogen and oxygen atoms in total. The van der Waals surface area contributed by atoms with Crippen LogP contribution in [0.1, 0.15) is 24.2 Å². The van der Waals surface area contributed by atoms with Gasteiger partial charge in [-0.1, -0.05) is 24.3 Å². The van der Waals surface area contributed by atoms with Gasteiger partial charge in [-0.3, -0.25) is 4.79 Å². The van der Waals surface area contributed by atoms with Crippen LogP contribution in [0.25, 0.3) is 21.9 Å². The first-order valence-electron chi connectivity index (χ1n) is 9.67. The number of carbonyl (C=O) groups is 1. The second-order valence-electron chi connectivity index (χ2n) is 7.81. The van der Waals surface area contributed by atoms with Crippen LogP contribution in [0.15, 0.2) is 48.5 Å². The molecule has 0 radical (unpaired) electrons. The average Bonchev–Trinajstić information content (AvgIpc) is 2.76. The number of amides is 1. The summed E-state index contributed by atoms with van der Waals surface area (Å²) in [6, 6.07) is 17.7. The maximum absolute atomic E-state index is 12.1. The minimum Gasteiger partial charge on any atom is -0.495 e. The summed E-state index contributed by atoms with van der Waals surface area (Å²) in [6.07, 6.45) is 0. The van der Waals surface area contributed by atoms with Gasteiger partial charge in [-0.2, -0.15) is 5.26 Å². The number of nitrogen functional groups attached to an aromatic ring is 1. The number of nitrogens with two attached hydrogens (primary N) is 1. The van der Waals surface area contributed by atoms with Crippen molar-refractivity contribution in [1.29, 1.82) is 5.26 Å². The Hall–Kier alpha value is -3.72. The highest BCUT2D eigenvalue weighted by Gasteiger charge is 2.19. The quantitative estimate of drug-likeness (QED) is 0.530. The van der Waals surface area contributed by atoms with Gasteiger partial charge in [0.2, 0.25) is 0 Å². The van der Waals surface area contributed by atoms with Crippen molar-refractivity contribution in [3.63, 3.8) is 0 Å². The summed E-state index contributed by atoms with van der Waals surface area (Å²) < 4.78 is 5.56. The van der Waals surface area contributed by atoms with Crippen LogP contribution >= 0.6 is 0 Å². The molecule has 0 aliphatic carbocycles. The van der Waals surface area contributed by atoms with E-state index in [1.807, 2.05) is 44.2 Å². The number of anilines is 2. The number of ether oxygens (including phenoxy) is 1. The van der Waals surface area contributed by atoms with Crippen LogP contribution in [0.2, 0.25) is 0 Å². The Kier molecular flexibility index (Phi) is 5.84. The summed E-state index contributed by atoms with van der Waals surface area (Å²) in [6.45, 7) is 4.25. The van der Waals surface area contributed by atoms with Gasteiger partial charge in [0, 0.05) is 24.7 Å². The molecular weight excluding hydrogens is 376 g/mol. The molecule has 3 aromatic rings. The maximum Gasteiger partial charge on any atom is 0.253 e. The molecule has 0 atom stereocenters. The van der Waals surface area contributed by atoms with Gasteiger partial charge in [0.25, 0.3) is 5.91 Å². The Morgan fingerprint density at radius 3 is 2.47 bits per heavy atom. The van der Waals surface area contributed by atoms with Gasteiger partial charge >= 0.3 is 0 Å². The van der Waals surface area contributed by atoms with Crippen LogP contribution in [0.3, 0.4) is 0 Å². The zero-order valence-corrected chi connectivity index (χ0v) is 17.7. The summed E-state index contributed by atoms with van der Waals surface area (Å²) in [4.78, 5) is 12.1. The lowest BCUT2D eigenvalue weighted by Crippen LogP contribution is -2.21. The van der Waals surface area contributed by atoms with Gasteiger partial charge in [0.1, 0.15) is 5.75 Å². The van der Waals surface area contributed by atoms with Crippen LogP contribution in [0.5, 0.6) is 5.75 Å². The van der Waals surface area contributed by atoms with E-state index < -0.39 is 5.41 Å². The number of hydrogen-bond acceptors (Lipinski definition) is 5. The van der Waals surface area contributed by atoms with Gasteiger partial charge in [0.05, 0.1) is 29.8 Å². The minimum absolute atomic E-state index is 0.224. The predicted octanol–water partition coefficient (Wildman–Crippen LogP) is 4.42. The monoisotopic (exact) mass is 402 g/mol. The van der Waals surface area contributed by atoms with Crippen molar-refractivity contribution in [3.05, 3.63) is 54.1 Å².